The van der Waals surface area contributed by atoms with Crippen molar-refractivity contribution in [1.29, 1.82) is 0 Å². The number of amides is 1. The van der Waals surface area contributed by atoms with Crippen LogP contribution < -0.4 is 5.32 Å². The van der Waals surface area contributed by atoms with Crippen molar-refractivity contribution in [2.45, 2.75) is 19.9 Å². The third-order valence-electron chi connectivity index (χ3n) is 4.43. The van der Waals surface area contributed by atoms with E-state index in [9.17, 15) is 22.0 Å². The lowest BCUT2D eigenvalue weighted by Crippen LogP contribution is -2.51. The molecule has 1 N–H and O–H groups in total. The Morgan fingerprint density at radius 2 is 1.82 bits per heavy atom. The molecule has 0 atom stereocenters. The average Bonchev–Trinajstić information content (AvgIpc) is 2.62. The molecule has 2 aromatic carbocycles. The van der Waals surface area contributed by atoms with E-state index in [1.807, 2.05) is 31.2 Å². The Morgan fingerprint density at radius 3 is 2.54 bits per heavy atom. The molecule has 9 heteroatoms. The third-order valence-corrected chi connectivity index (χ3v) is 6.36. The van der Waals surface area contributed by atoms with Crippen molar-refractivity contribution in [3.05, 3.63) is 65.2 Å². The Labute approximate surface area is 162 Å². The minimum Gasteiger partial charge on any atom is -0.325 e. The van der Waals surface area contributed by atoms with Gasteiger partial charge in [-0.15, -0.1) is 0 Å². The molecule has 6 nitrogen and oxygen atoms in total. The first-order chi connectivity index (χ1) is 13.3. The number of hydrogen-bond donors (Lipinski definition) is 1. The van der Waals surface area contributed by atoms with Crippen molar-refractivity contribution >= 4 is 21.8 Å². The van der Waals surface area contributed by atoms with Crippen LogP contribution in [0, 0.1) is 18.6 Å². The molecule has 1 amide bonds. The second kappa shape index (κ2) is 8.34. The van der Waals surface area contributed by atoms with Gasteiger partial charge in [0.05, 0.1) is 6.54 Å². The van der Waals surface area contributed by atoms with E-state index < -0.39 is 34.3 Å². The Hall–Kier alpha value is -2.36. The van der Waals surface area contributed by atoms with Crippen molar-refractivity contribution in [2.75, 3.05) is 25.0 Å². The molecule has 150 valence electrons. The molecule has 1 saturated heterocycles. The fourth-order valence-electron chi connectivity index (χ4n) is 3.09. The van der Waals surface area contributed by atoms with Gasteiger partial charge in [0.2, 0.25) is 5.91 Å². The van der Waals surface area contributed by atoms with Crippen LogP contribution in [0.3, 0.4) is 0 Å². The molecule has 28 heavy (non-hydrogen) atoms. The van der Waals surface area contributed by atoms with E-state index in [0.29, 0.717) is 13.0 Å². The second-order valence-electron chi connectivity index (χ2n) is 6.69. The predicted molar refractivity (Wildman–Crippen MR) is 102 cm³/mol. The van der Waals surface area contributed by atoms with Crippen LogP contribution in [-0.4, -0.2) is 42.6 Å². The fraction of sp³-hybridized carbons (Fsp3) is 0.316. The van der Waals surface area contributed by atoms with Crippen molar-refractivity contribution in [3.8, 4) is 0 Å². The number of nitrogens with one attached hydrogen (secondary N) is 1. The molecule has 0 spiro atoms. The molecular formula is C19H21F2N3O3S. The number of benzene rings is 2. The molecule has 0 radical (unpaired) electrons. The zero-order chi connectivity index (χ0) is 20.3. The first-order valence-electron chi connectivity index (χ1n) is 8.81. The zero-order valence-electron chi connectivity index (χ0n) is 15.4. The Bertz CT molecular complexity index is 982. The van der Waals surface area contributed by atoms with Gasteiger partial charge in [-0.05, 0) is 31.0 Å². The van der Waals surface area contributed by atoms with Gasteiger partial charge in [-0.3, -0.25) is 4.79 Å². The van der Waals surface area contributed by atoms with Gasteiger partial charge < -0.3 is 5.32 Å². The minimum absolute atomic E-state index is 0.0647. The van der Waals surface area contributed by atoms with Crippen LogP contribution in [0.2, 0.25) is 0 Å². The number of nitrogens with zero attached hydrogens (tertiary/aromatic N) is 2. The number of rotatable bonds is 5. The molecule has 0 saturated carbocycles. The maximum absolute atomic E-state index is 13.3. The summed E-state index contributed by atoms with van der Waals surface area (Å²) in [6, 6.07) is 10.5. The van der Waals surface area contributed by atoms with Gasteiger partial charge in [0.15, 0.2) is 11.6 Å². The highest BCUT2D eigenvalue weighted by Gasteiger charge is 2.34. The molecule has 2 aromatic rings. The summed E-state index contributed by atoms with van der Waals surface area (Å²) in [6.07, 6.45) is 0.587. The minimum atomic E-state index is -3.81. The highest BCUT2D eigenvalue weighted by molar-refractivity contribution is 7.86. The Kier molecular flexibility index (Phi) is 6.07. The van der Waals surface area contributed by atoms with E-state index in [-0.39, 0.29) is 18.8 Å². The molecule has 0 bridgehead atoms. The summed E-state index contributed by atoms with van der Waals surface area (Å²) < 4.78 is 54.4. The number of anilines is 1. The quantitative estimate of drug-likeness (QED) is 0.826. The summed E-state index contributed by atoms with van der Waals surface area (Å²) in [5.41, 5.74) is 1.97. The standard InChI is InChI=1S/C19H21F2N3O3S/c1-14-4-2-5-15(10-14)12-23-8-3-9-24(28(23,26)27)13-19(25)22-16-6-7-17(20)18(21)11-16/h2,4-7,10-11H,3,8-9,12-13H2,1H3,(H,22,25). The molecule has 3 rings (SSSR count). The lowest BCUT2D eigenvalue weighted by Gasteiger charge is -2.34. The molecule has 1 aliphatic heterocycles. The summed E-state index contributed by atoms with van der Waals surface area (Å²) in [4.78, 5) is 12.2. The molecule has 0 aliphatic carbocycles. The predicted octanol–water partition coefficient (Wildman–Crippen LogP) is 2.66. The maximum Gasteiger partial charge on any atom is 0.282 e. The van der Waals surface area contributed by atoms with Gasteiger partial charge in [-0.1, -0.05) is 29.8 Å². The summed E-state index contributed by atoms with van der Waals surface area (Å²) in [5.74, 6) is -2.73. The maximum atomic E-state index is 13.3. The van der Waals surface area contributed by atoms with E-state index in [4.69, 9.17) is 0 Å². The van der Waals surface area contributed by atoms with Crippen LogP contribution in [0.15, 0.2) is 42.5 Å². The first-order valence-corrected chi connectivity index (χ1v) is 10.2. The largest absolute Gasteiger partial charge is 0.325 e. The topological polar surface area (TPSA) is 69.7 Å². The molecule has 0 aromatic heterocycles. The van der Waals surface area contributed by atoms with E-state index in [2.05, 4.69) is 5.32 Å². The average molecular weight is 409 g/mol. The van der Waals surface area contributed by atoms with Gasteiger partial charge in [-0.2, -0.15) is 17.0 Å². The Balaban J connectivity index is 1.67. The number of aryl methyl sites for hydroxylation is 1. The highest BCUT2D eigenvalue weighted by atomic mass is 32.2. The lowest BCUT2D eigenvalue weighted by atomic mass is 10.1. The number of hydrogen-bond acceptors (Lipinski definition) is 3. The normalized spacial score (nSPS) is 17.4. The Morgan fingerprint density at radius 1 is 1.07 bits per heavy atom. The smallest absolute Gasteiger partial charge is 0.282 e. The van der Waals surface area contributed by atoms with Crippen molar-refractivity contribution in [1.82, 2.24) is 8.61 Å². The van der Waals surface area contributed by atoms with Gasteiger partial charge in [-0.25, -0.2) is 8.78 Å². The summed E-state index contributed by atoms with van der Waals surface area (Å²) >= 11 is 0. The fourth-order valence-corrected chi connectivity index (χ4v) is 4.73. The summed E-state index contributed by atoms with van der Waals surface area (Å²) in [6.45, 7) is 2.36. The van der Waals surface area contributed by atoms with Crippen LogP contribution in [0.25, 0.3) is 0 Å². The molecule has 0 unspecified atom stereocenters. The van der Waals surface area contributed by atoms with E-state index in [0.717, 1.165) is 27.6 Å². The van der Waals surface area contributed by atoms with Gasteiger partial charge in [0.25, 0.3) is 10.2 Å². The lowest BCUT2D eigenvalue weighted by molar-refractivity contribution is -0.116. The van der Waals surface area contributed by atoms with Gasteiger partial charge in [0, 0.05) is 31.4 Å². The SMILES string of the molecule is Cc1cccc(CN2CCCN(CC(=O)Nc3ccc(F)c(F)c3)S2(=O)=O)c1. The van der Waals surface area contributed by atoms with Crippen LogP contribution in [0.5, 0.6) is 0 Å². The van der Waals surface area contributed by atoms with Gasteiger partial charge >= 0.3 is 0 Å². The monoisotopic (exact) mass is 409 g/mol. The van der Waals surface area contributed by atoms with Crippen LogP contribution >= 0.6 is 0 Å². The van der Waals surface area contributed by atoms with Crippen LogP contribution in [0.1, 0.15) is 17.5 Å². The van der Waals surface area contributed by atoms with Crippen molar-refractivity contribution in [2.24, 2.45) is 0 Å². The van der Waals surface area contributed by atoms with Gasteiger partial charge in [0.1, 0.15) is 0 Å². The van der Waals surface area contributed by atoms with Crippen molar-refractivity contribution < 1.29 is 22.0 Å². The molecule has 1 fully saturated rings. The van der Waals surface area contributed by atoms with E-state index in [1.54, 1.807) is 0 Å². The van der Waals surface area contributed by atoms with E-state index >= 15 is 0 Å². The highest BCUT2D eigenvalue weighted by Crippen LogP contribution is 2.20. The van der Waals surface area contributed by atoms with E-state index in [1.165, 1.54) is 10.4 Å². The molecule has 1 aliphatic rings. The molecule has 1 heterocycles. The number of carbonyl (C=O) groups excluding carboxylic acids is 1. The summed E-state index contributed by atoms with van der Waals surface area (Å²) in [7, 11) is -3.81. The number of carbonyl (C=O) groups is 1. The molecular weight excluding hydrogens is 388 g/mol. The van der Waals surface area contributed by atoms with Crippen LogP contribution in [0.4, 0.5) is 14.5 Å². The first kappa shape index (κ1) is 20.4. The zero-order valence-corrected chi connectivity index (χ0v) is 16.2. The second-order valence-corrected chi connectivity index (χ2v) is 8.62. The van der Waals surface area contributed by atoms with Crippen molar-refractivity contribution in [3.63, 3.8) is 0 Å². The summed E-state index contributed by atoms with van der Waals surface area (Å²) in [5, 5.41) is 2.40. The van der Waals surface area contributed by atoms with Crippen LogP contribution in [-0.2, 0) is 21.5 Å². The third kappa shape index (κ3) is 4.73. The number of halogens is 2.